The number of aliphatic carboxylic acids is 1. The van der Waals surface area contributed by atoms with Gasteiger partial charge in [-0.3, -0.25) is 4.79 Å². The van der Waals surface area contributed by atoms with Crippen molar-refractivity contribution in [3.63, 3.8) is 0 Å². The van der Waals surface area contributed by atoms with E-state index in [1.165, 1.54) is 5.57 Å². The Hall–Kier alpha value is -1.77. The Bertz CT molecular complexity index is 1420. The second kappa shape index (κ2) is 11.9. The third-order valence-electron chi connectivity index (χ3n) is 16.2. The lowest BCUT2D eigenvalue weighted by Crippen LogP contribution is -2.70. The van der Waals surface area contributed by atoms with Gasteiger partial charge in [0.15, 0.2) is 0 Å². The van der Waals surface area contributed by atoms with Gasteiger partial charge in [-0.2, -0.15) is 5.10 Å². The van der Waals surface area contributed by atoms with Crippen molar-refractivity contribution in [2.75, 3.05) is 19.8 Å². The lowest BCUT2D eigenvalue weighted by molar-refractivity contribution is -0.254. The first-order valence-electron chi connectivity index (χ1n) is 19.1. The van der Waals surface area contributed by atoms with Crippen molar-refractivity contribution in [2.24, 2.45) is 68.3 Å². The molecule has 1 aromatic heterocycles. The van der Waals surface area contributed by atoms with Crippen LogP contribution in [0.5, 0.6) is 0 Å². The second-order valence-corrected chi connectivity index (χ2v) is 19.0. The van der Waals surface area contributed by atoms with Crippen LogP contribution in [0, 0.1) is 62.6 Å². The van der Waals surface area contributed by atoms with Crippen LogP contribution in [0.15, 0.2) is 18.0 Å². The number of aryl methyl sites for hydroxylation is 1. The van der Waals surface area contributed by atoms with Crippen molar-refractivity contribution >= 4 is 5.97 Å². The van der Waals surface area contributed by atoms with Crippen LogP contribution in [-0.2, 0) is 20.7 Å². The quantitative estimate of drug-likeness (QED) is 0.260. The van der Waals surface area contributed by atoms with Gasteiger partial charge in [0.05, 0.1) is 37.9 Å². The molecule has 270 valence electrons. The summed E-state index contributed by atoms with van der Waals surface area (Å²) >= 11 is 0. The number of ether oxygens (including phenoxy) is 2. The summed E-state index contributed by atoms with van der Waals surface area (Å²) < 4.78 is 16.2. The molecular formula is C40H66N4O4. The summed E-state index contributed by atoms with van der Waals surface area (Å²) in [5, 5.41) is 16.0. The van der Waals surface area contributed by atoms with Gasteiger partial charge in [-0.05, 0) is 96.7 Å². The average molecular weight is 667 g/mol. The molecule has 12 atom stereocenters. The van der Waals surface area contributed by atoms with E-state index in [1.54, 1.807) is 6.33 Å². The summed E-state index contributed by atoms with van der Waals surface area (Å²) in [6, 6.07) is 0.00429. The van der Waals surface area contributed by atoms with Crippen LogP contribution >= 0.6 is 0 Å². The zero-order valence-corrected chi connectivity index (χ0v) is 31.9. The Balaban J connectivity index is 1.52. The van der Waals surface area contributed by atoms with Gasteiger partial charge in [0, 0.05) is 17.4 Å². The van der Waals surface area contributed by atoms with Gasteiger partial charge in [-0.1, -0.05) is 80.9 Å². The van der Waals surface area contributed by atoms with E-state index in [0.717, 1.165) is 57.4 Å². The molecule has 6 rings (SSSR count). The van der Waals surface area contributed by atoms with Gasteiger partial charge in [-0.15, -0.1) is 0 Å². The van der Waals surface area contributed by atoms with Gasteiger partial charge in [0.25, 0.3) is 0 Å². The molecule has 1 saturated heterocycles. The molecule has 0 amide bonds. The first-order chi connectivity index (χ1) is 22.3. The molecule has 0 aromatic carbocycles. The van der Waals surface area contributed by atoms with Crippen molar-refractivity contribution in [2.45, 2.75) is 139 Å². The largest absolute Gasteiger partial charge is 0.481 e. The van der Waals surface area contributed by atoms with Crippen molar-refractivity contribution in [3.8, 4) is 0 Å². The molecule has 4 aliphatic carbocycles. The number of allylic oxidation sites excluding steroid dienone is 1. The minimum atomic E-state index is -0.621. The number of rotatable bonds is 9. The maximum Gasteiger partial charge on any atom is 0.307 e. The molecule has 0 radical (unpaired) electrons. The van der Waals surface area contributed by atoms with Gasteiger partial charge in [-0.25, -0.2) is 9.67 Å². The molecule has 2 bridgehead atoms. The fourth-order valence-corrected chi connectivity index (χ4v) is 12.3. The Morgan fingerprint density at radius 1 is 1.12 bits per heavy atom. The highest BCUT2D eigenvalue weighted by Gasteiger charge is 2.72. The summed E-state index contributed by atoms with van der Waals surface area (Å²) in [6.45, 7) is 26.7. The molecule has 0 spiro atoms. The Morgan fingerprint density at radius 3 is 2.46 bits per heavy atom. The predicted octanol–water partition coefficient (Wildman–Crippen LogP) is 7.73. The van der Waals surface area contributed by atoms with Crippen LogP contribution in [0.3, 0.4) is 0 Å². The fraction of sp³-hybridized carbons (Fsp3) is 0.875. The molecule has 8 nitrogen and oxygen atoms in total. The molecule has 4 fully saturated rings. The lowest BCUT2D eigenvalue weighted by Gasteiger charge is -2.71. The van der Waals surface area contributed by atoms with Gasteiger partial charge in [0.1, 0.15) is 12.2 Å². The number of nitrogens with zero attached hydrogens (tertiary/aromatic N) is 3. The smallest absolute Gasteiger partial charge is 0.307 e. The van der Waals surface area contributed by atoms with Gasteiger partial charge >= 0.3 is 5.97 Å². The standard InChI is InChI=1S/C40H66N4O4/c1-12-31-42-23-43-44(31)29-19-35(7)20-47-22-40(33(29)48-21-39(11,41)25(4)5)28-15-16-38(10)32(34(45)46)36(8,26(6)24(2)3)17-18-37(38,9)27(28)13-14-30(35)40/h15,23-27,29-30,32-33H,12-14,16-22,41H2,1-11H3,(H,45,46)/t26-,27+,29-,30-,32-,33+,35-,36-,37-,38+,39+,40+/m1/s1. The normalized spacial score (nSPS) is 44.3. The molecule has 0 unspecified atom stereocenters. The number of nitrogens with two attached hydrogens (primary N) is 1. The summed E-state index contributed by atoms with van der Waals surface area (Å²) in [6.07, 6.45) is 10.7. The third kappa shape index (κ3) is 4.87. The number of carboxylic acids is 1. The Morgan fingerprint density at radius 2 is 1.83 bits per heavy atom. The molecular weight excluding hydrogens is 600 g/mol. The van der Waals surface area contributed by atoms with Crippen LogP contribution in [0.4, 0.5) is 0 Å². The van der Waals surface area contributed by atoms with E-state index in [2.05, 4.69) is 86.9 Å². The third-order valence-corrected chi connectivity index (χ3v) is 16.2. The average Bonchev–Trinajstić information content (AvgIpc) is 3.49. The van der Waals surface area contributed by atoms with E-state index < -0.39 is 17.4 Å². The number of carbonyl (C=O) groups is 1. The van der Waals surface area contributed by atoms with E-state index in [1.807, 2.05) is 0 Å². The van der Waals surface area contributed by atoms with Crippen molar-refractivity contribution < 1.29 is 19.4 Å². The molecule has 5 aliphatic rings. The van der Waals surface area contributed by atoms with Crippen LogP contribution in [0.2, 0.25) is 0 Å². The number of fused-ring (bicyclic) bond motifs is 3. The first-order valence-corrected chi connectivity index (χ1v) is 19.1. The number of aromatic nitrogens is 3. The van der Waals surface area contributed by atoms with Crippen molar-refractivity contribution in [1.29, 1.82) is 0 Å². The van der Waals surface area contributed by atoms with Crippen LogP contribution in [-0.4, -0.2) is 57.3 Å². The van der Waals surface area contributed by atoms with Gasteiger partial charge < -0.3 is 20.3 Å². The predicted molar refractivity (Wildman–Crippen MR) is 189 cm³/mol. The van der Waals surface area contributed by atoms with Crippen LogP contribution in [0.25, 0.3) is 0 Å². The topological polar surface area (TPSA) is 112 Å². The number of hydrogen-bond donors (Lipinski definition) is 2. The molecule has 1 aromatic rings. The second-order valence-electron chi connectivity index (χ2n) is 19.0. The van der Waals surface area contributed by atoms with Crippen molar-refractivity contribution in [3.05, 3.63) is 23.8 Å². The number of hydrogen-bond acceptors (Lipinski definition) is 6. The van der Waals surface area contributed by atoms with Crippen LogP contribution < -0.4 is 5.73 Å². The zero-order chi connectivity index (χ0) is 35.2. The Kier molecular flexibility index (Phi) is 8.93. The van der Waals surface area contributed by atoms with E-state index in [9.17, 15) is 9.90 Å². The first kappa shape index (κ1) is 36.0. The maximum absolute atomic E-state index is 13.5. The van der Waals surface area contributed by atoms with E-state index >= 15 is 0 Å². The molecule has 3 N–H and O–H groups in total. The van der Waals surface area contributed by atoms with Crippen LogP contribution in [0.1, 0.15) is 127 Å². The molecule has 2 heterocycles. The van der Waals surface area contributed by atoms with Gasteiger partial charge in [0.2, 0.25) is 0 Å². The van der Waals surface area contributed by atoms with E-state index in [4.69, 9.17) is 25.3 Å². The lowest BCUT2D eigenvalue weighted by atomic mass is 9.34. The van der Waals surface area contributed by atoms with Crippen molar-refractivity contribution in [1.82, 2.24) is 14.8 Å². The summed E-state index contributed by atoms with van der Waals surface area (Å²) in [5.74, 6) is 1.60. The molecule has 8 heteroatoms. The summed E-state index contributed by atoms with van der Waals surface area (Å²) in [4.78, 5) is 18.2. The summed E-state index contributed by atoms with van der Waals surface area (Å²) in [5.41, 5.74) is 6.72. The van der Waals surface area contributed by atoms with E-state index in [0.29, 0.717) is 31.0 Å². The minimum Gasteiger partial charge on any atom is -0.481 e. The molecule has 48 heavy (non-hydrogen) atoms. The number of carboxylic acid groups (broad SMARTS) is 1. The molecule has 3 saturated carbocycles. The maximum atomic E-state index is 13.5. The highest BCUT2D eigenvalue weighted by Crippen LogP contribution is 2.75. The summed E-state index contributed by atoms with van der Waals surface area (Å²) in [7, 11) is 0. The highest BCUT2D eigenvalue weighted by atomic mass is 16.5. The highest BCUT2D eigenvalue weighted by molar-refractivity contribution is 5.73. The monoisotopic (exact) mass is 667 g/mol. The minimum absolute atomic E-state index is 0.00429. The SMILES string of the molecule is CCc1ncnn1[C@@H]1C[C@]2(C)COC[C@@]3(C4=CC[C@@]5(C)[C@H](C(=O)O)[C@@](C)([C@H](C)C(C)C)CC[C@]5(C)[C@H]4CC[C@H]23)[C@H]1OC[C@](C)(N)C(C)C. The zero-order valence-electron chi connectivity index (χ0n) is 31.9. The fourth-order valence-electron chi connectivity index (χ4n) is 12.3. The van der Waals surface area contributed by atoms with E-state index in [-0.39, 0.29) is 51.1 Å². The molecule has 1 aliphatic heterocycles. The Labute approximate surface area is 290 Å².